The van der Waals surface area contributed by atoms with Gasteiger partial charge in [-0.05, 0) is 50.3 Å². The van der Waals surface area contributed by atoms with Gasteiger partial charge < -0.3 is 23.9 Å². The van der Waals surface area contributed by atoms with Crippen molar-refractivity contribution >= 4 is 22.9 Å². The number of hydrogen-bond donors (Lipinski definition) is 1. The average molecular weight is 464 g/mol. The Kier molecular flexibility index (Phi) is 5.88. The van der Waals surface area contributed by atoms with Gasteiger partial charge in [-0.15, -0.1) is 0 Å². The van der Waals surface area contributed by atoms with Crippen molar-refractivity contribution in [1.29, 1.82) is 0 Å². The highest BCUT2D eigenvalue weighted by molar-refractivity contribution is 6.02. The van der Waals surface area contributed by atoms with E-state index in [9.17, 15) is 9.59 Å². The van der Waals surface area contributed by atoms with Crippen molar-refractivity contribution in [3.63, 3.8) is 0 Å². The quantitative estimate of drug-likeness (QED) is 0.573. The van der Waals surface area contributed by atoms with E-state index in [2.05, 4.69) is 12.2 Å². The van der Waals surface area contributed by atoms with Gasteiger partial charge in [0.1, 0.15) is 17.0 Å². The topological polar surface area (TPSA) is 76.7 Å². The molecular weight excluding hydrogens is 430 g/mol. The minimum atomic E-state index is -1.04. The van der Waals surface area contributed by atoms with Gasteiger partial charge in [0.2, 0.25) is 5.91 Å². The Labute approximate surface area is 200 Å². The molecule has 1 aliphatic heterocycles. The van der Waals surface area contributed by atoms with Gasteiger partial charge in [0.15, 0.2) is 5.58 Å². The highest BCUT2D eigenvalue weighted by atomic mass is 16.5. The summed E-state index contributed by atoms with van der Waals surface area (Å²) in [7, 11) is 0. The summed E-state index contributed by atoms with van der Waals surface area (Å²) in [4.78, 5) is 29.4. The molecule has 0 radical (unpaired) electrons. The number of carbonyl (C=O) groups is 2. The number of benzene rings is 1. The minimum Gasteiger partial charge on any atom is -0.494 e. The average Bonchev–Trinajstić information content (AvgIpc) is 3.42. The van der Waals surface area contributed by atoms with Crippen molar-refractivity contribution in [3.8, 4) is 5.75 Å². The van der Waals surface area contributed by atoms with Crippen LogP contribution in [-0.4, -0.2) is 39.5 Å². The van der Waals surface area contributed by atoms with Crippen LogP contribution in [0.25, 0.3) is 11.1 Å². The smallest absolute Gasteiger partial charge is 0.271 e. The van der Waals surface area contributed by atoms with Crippen LogP contribution in [0, 0.1) is 5.92 Å². The second kappa shape index (κ2) is 8.85. The summed E-state index contributed by atoms with van der Waals surface area (Å²) >= 11 is 0. The summed E-state index contributed by atoms with van der Waals surface area (Å²) < 4.78 is 13.1. The van der Waals surface area contributed by atoms with Crippen molar-refractivity contribution in [2.75, 3.05) is 6.61 Å². The fraction of sp³-hybridized carbons (Fsp3) is 0.481. The molecule has 1 saturated carbocycles. The summed E-state index contributed by atoms with van der Waals surface area (Å²) in [6, 6.07) is 11.5. The van der Waals surface area contributed by atoms with Crippen LogP contribution in [0.3, 0.4) is 0 Å². The first-order valence-electron chi connectivity index (χ1n) is 12.3. The van der Waals surface area contributed by atoms with Gasteiger partial charge in [0.05, 0.1) is 24.9 Å². The van der Waals surface area contributed by atoms with E-state index < -0.39 is 5.54 Å². The number of fused-ring (bicyclic) bond motifs is 3. The molecule has 2 aliphatic rings. The lowest BCUT2D eigenvalue weighted by atomic mass is 9.85. The van der Waals surface area contributed by atoms with E-state index in [1.807, 2.05) is 48.7 Å². The number of hydrogen-bond acceptors (Lipinski definition) is 4. The Morgan fingerprint density at radius 1 is 1.21 bits per heavy atom. The molecular formula is C27H33N3O4. The number of ether oxygens (including phenoxy) is 1. The zero-order valence-electron chi connectivity index (χ0n) is 20.2. The van der Waals surface area contributed by atoms with Crippen molar-refractivity contribution in [2.24, 2.45) is 5.92 Å². The first-order valence-corrected chi connectivity index (χ1v) is 12.3. The van der Waals surface area contributed by atoms with E-state index in [1.54, 1.807) is 17.2 Å². The third kappa shape index (κ3) is 3.87. The summed E-state index contributed by atoms with van der Waals surface area (Å²) in [5, 5.41) is 3.32. The molecule has 5 rings (SSSR count). The molecule has 7 nitrogen and oxygen atoms in total. The third-order valence-corrected chi connectivity index (χ3v) is 7.54. The van der Waals surface area contributed by atoms with Crippen LogP contribution in [-0.2, 0) is 17.9 Å². The van der Waals surface area contributed by atoms with Crippen LogP contribution in [0.1, 0.15) is 62.5 Å². The predicted octanol–water partition coefficient (Wildman–Crippen LogP) is 4.74. The predicted molar refractivity (Wildman–Crippen MR) is 130 cm³/mol. The van der Waals surface area contributed by atoms with E-state index in [0.29, 0.717) is 36.9 Å². The summed E-state index contributed by atoms with van der Waals surface area (Å²) in [5.74, 6) is 0.961. The third-order valence-electron chi connectivity index (χ3n) is 7.54. The largest absolute Gasteiger partial charge is 0.494 e. The zero-order chi connectivity index (χ0) is 23.9. The maximum Gasteiger partial charge on any atom is 0.271 e. The Bertz CT molecular complexity index is 1190. The second-order valence-corrected chi connectivity index (χ2v) is 9.87. The molecule has 180 valence electrons. The first-order chi connectivity index (χ1) is 16.4. The van der Waals surface area contributed by atoms with Crippen molar-refractivity contribution in [1.82, 2.24) is 14.8 Å². The molecule has 1 aromatic carbocycles. The molecule has 0 spiro atoms. The second-order valence-electron chi connectivity index (χ2n) is 9.87. The van der Waals surface area contributed by atoms with Crippen molar-refractivity contribution in [2.45, 2.75) is 71.1 Å². The van der Waals surface area contributed by atoms with Crippen molar-refractivity contribution in [3.05, 3.63) is 53.9 Å². The Morgan fingerprint density at radius 3 is 2.71 bits per heavy atom. The van der Waals surface area contributed by atoms with Gasteiger partial charge in [0, 0.05) is 24.7 Å². The van der Waals surface area contributed by atoms with Gasteiger partial charge in [-0.2, -0.15) is 0 Å². The lowest BCUT2D eigenvalue weighted by molar-refractivity contribution is -0.134. The van der Waals surface area contributed by atoms with E-state index in [0.717, 1.165) is 36.1 Å². The van der Waals surface area contributed by atoms with Crippen LogP contribution in [0.2, 0.25) is 0 Å². The molecule has 3 heterocycles. The highest BCUT2D eigenvalue weighted by Gasteiger charge is 2.48. The number of furan rings is 1. The van der Waals surface area contributed by atoms with Crippen LogP contribution in [0.15, 0.2) is 47.1 Å². The molecule has 34 heavy (non-hydrogen) atoms. The van der Waals surface area contributed by atoms with Gasteiger partial charge in [-0.3, -0.25) is 9.59 Å². The molecule has 2 amide bonds. The summed E-state index contributed by atoms with van der Waals surface area (Å²) in [5.41, 5.74) is 1.97. The molecule has 0 unspecified atom stereocenters. The first kappa shape index (κ1) is 22.6. The van der Waals surface area contributed by atoms with Crippen molar-refractivity contribution < 1.29 is 18.7 Å². The fourth-order valence-electron chi connectivity index (χ4n) is 5.42. The standard InChI is InChI=1S/C27H33N3O4/c1-4-33-20-11-9-19(10-12-20)16-30-25(31)23-15-24-22(13-14-34-24)29(23)17-27(30,3)26(32)28-21-8-6-5-7-18(21)2/h9-15,18,21H,4-8,16-17H2,1-3H3,(H,28,32)/t18-,21+,27+/m0/s1. The molecule has 3 atom stereocenters. The van der Waals surface area contributed by atoms with Gasteiger partial charge in [-0.25, -0.2) is 0 Å². The van der Waals surface area contributed by atoms with Crippen LogP contribution in [0.4, 0.5) is 0 Å². The maximum absolute atomic E-state index is 13.9. The van der Waals surface area contributed by atoms with E-state index >= 15 is 0 Å². The van der Waals surface area contributed by atoms with Gasteiger partial charge in [-0.1, -0.05) is 31.9 Å². The fourth-order valence-corrected chi connectivity index (χ4v) is 5.42. The molecule has 7 heteroatoms. The Balaban J connectivity index is 1.49. The number of nitrogens with one attached hydrogen (secondary N) is 1. The zero-order valence-corrected chi connectivity index (χ0v) is 20.2. The molecule has 1 N–H and O–H groups in total. The molecule has 1 fully saturated rings. The van der Waals surface area contributed by atoms with Crippen LogP contribution in [0.5, 0.6) is 5.75 Å². The Hall–Kier alpha value is -3.22. The van der Waals surface area contributed by atoms with Gasteiger partial charge >= 0.3 is 0 Å². The van der Waals surface area contributed by atoms with E-state index in [-0.39, 0.29) is 17.9 Å². The highest BCUT2D eigenvalue weighted by Crippen LogP contribution is 2.35. The summed E-state index contributed by atoms with van der Waals surface area (Å²) in [6.45, 7) is 7.35. The SMILES string of the molecule is CCOc1ccc(CN2C(=O)c3cc4occc4n3C[C@]2(C)C(=O)N[C@@H]2CCCC[C@@H]2C)cc1. The monoisotopic (exact) mass is 463 g/mol. The number of aromatic nitrogens is 1. The minimum absolute atomic E-state index is 0.0958. The number of amides is 2. The van der Waals surface area contributed by atoms with Gasteiger partial charge in [0.25, 0.3) is 5.91 Å². The molecule has 0 saturated heterocycles. The van der Waals surface area contributed by atoms with E-state index in [1.165, 1.54) is 6.42 Å². The Morgan fingerprint density at radius 2 is 1.97 bits per heavy atom. The molecule has 0 bridgehead atoms. The lowest BCUT2D eigenvalue weighted by Gasteiger charge is -2.45. The van der Waals surface area contributed by atoms with Crippen LogP contribution < -0.4 is 10.1 Å². The number of nitrogens with zero attached hydrogens (tertiary/aromatic N) is 2. The number of rotatable bonds is 6. The molecule has 3 aromatic rings. The molecule has 2 aromatic heterocycles. The number of carbonyl (C=O) groups excluding carboxylic acids is 2. The maximum atomic E-state index is 13.9. The normalized spacial score (nSPS) is 24.8. The lowest BCUT2D eigenvalue weighted by Crippen LogP contribution is -2.65. The van der Waals surface area contributed by atoms with E-state index in [4.69, 9.17) is 9.15 Å². The summed E-state index contributed by atoms with van der Waals surface area (Å²) in [6.07, 6.45) is 6.05. The molecule has 1 aliphatic carbocycles. The van der Waals surface area contributed by atoms with Crippen LogP contribution >= 0.6 is 0 Å².